The Morgan fingerprint density at radius 3 is 2.78 bits per heavy atom. The van der Waals surface area contributed by atoms with Crippen LogP contribution in [0.15, 0.2) is 47.1 Å². The van der Waals surface area contributed by atoms with Gasteiger partial charge in [-0.15, -0.1) is 0 Å². The Balaban J connectivity index is 1.89. The molecule has 2 rings (SSSR count). The molecule has 96 valence electrons. The van der Waals surface area contributed by atoms with Gasteiger partial charge in [0.05, 0.1) is 13.4 Å². The Bertz CT molecular complexity index is 465. The fourth-order valence-electron chi connectivity index (χ4n) is 2.00. The van der Waals surface area contributed by atoms with Crippen molar-refractivity contribution in [2.45, 2.75) is 19.4 Å². The van der Waals surface area contributed by atoms with Crippen molar-refractivity contribution in [1.82, 2.24) is 5.32 Å². The molecule has 0 bridgehead atoms. The van der Waals surface area contributed by atoms with E-state index in [9.17, 15) is 0 Å². The maximum atomic E-state index is 5.36. The van der Waals surface area contributed by atoms with E-state index in [1.807, 2.05) is 30.3 Å². The number of para-hydroxylation sites is 1. The van der Waals surface area contributed by atoms with Crippen molar-refractivity contribution >= 4 is 0 Å². The third-order valence-electron chi connectivity index (χ3n) is 3.01. The smallest absolute Gasteiger partial charge is 0.123 e. The normalized spacial score (nSPS) is 12.3. The summed E-state index contributed by atoms with van der Waals surface area (Å²) in [6.45, 7) is 3.02. The zero-order valence-corrected chi connectivity index (χ0v) is 10.8. The molecule has 3 heteroatoms. The minimum Gasteiger partial charge on any atom is -0.496 e. The number of rotatable bonds is 6. The minimum absolute atomic E-state index is 0.260. The van der Waals surface area contributed by atoms with Gasteiger partial charge in [0.15, 0.2) is 0 Å². The van der Waals surface area contributed by atoms with Gasteiger partial charge in [-0.05, 0) is 25.1 Å². The van der Waals surface area contributed by atoms with E-state index in [2.05, 4.69) is 18.3 Å². The third kappa shape index (κ3) is 3.14. The molecule has 1 atom stereocenters. The van der Waals surface area contributed by atoms with Gasteiger partial charge in [0, 0.05) is 24.6 Å². The lowest BCUT2D eigenvalue weighted by molar-refractivity contribution is 0.401. The largest absolute Gasteiger partial charge is 0.496 e. The van der Waals surface area contributed by atoms with Crippen LogP contribution in [0.25, 0.3) is 0 Å². The van der Waals surface area contributed by atoms with Crippen LogP contribution < -0.4 is 10.1 Å². The quantitative estimate of drug-likeness (QED) is 0.848. The van der Waals surface area contributed by atoms with Crippen molar-refractivity contribution < 1.29 is 9.15 Å². The fraction of sp³-hybridized carbons (Fsp3) is 0.333. The van der Waals surface area contributed by atoms with Crippen molar-refractivity contribution in [2.24, 2.45) is 0 Å². The van der Waals surface area contributed by atoms with Gasteiger partial charge in [-0.2, -0.15) is 0 Å². The van der Waals surface area contributed by atoms with Crippen LogP contribution >= 0.6 is 0 Å². The summed E-state index contributed by atoms with van der Waals surface area (Å²) in [7, 11) is 1.70. The molecule has 1 N–H and O–H groups in total. The van der Waals surface area contributed by atoms with Crippen molar-refractivity contribution in [2.75, 3.05) is 13.7 Å². The van der Waals surface area contributed by atoms with Gasteiger partial charge in [-0.3, -0.25) is 0 Å². The molecule has 1 unspecified atom stereocenters. The minimum atomic E-state index is 0.260. The van der Waals surface area contributed by atoms with Gasteiger partial charge in [-0.1, -0.05) is 18.2 Å². The first-order chi connectivity index (χ1) is 8.81. The molecule has 0 saturated heterocycles. The zero-order chi connectivity index (χ0) is 12.8. The molecule has 18 heavy (non-hydrogen) atoms. The summed E-state index contributed by atoms with van der Waals surface area (Å²) in [5.74, 6) is 1.94. The predicted octanol–water partition coefficient (Wildman–Crippen LogP) is 3.18. The number of hydrogen-bond donors (Lipinski definition) is 1. The van der Waals surface area contributed by atoms with E-state index in [0.717, 1.165) is 24.5 Å². The van der Waals surface area contributed by atoms with Crippen molar-refractivity contribution in [3.63, 3.8) is 0 Å². The van der Waals surface area contributed by atoms with E-state index in [1.165, 1.54) is 5.56 Å². The van der Waals surface area contributed by atoms with Crippen LogP contribution in [0.2, 0.25) is 0 Å². The second kappa shape index (κ2) is 6.26. The highest BCUT2D eigenvalue weighted by Gasteiger charge is 2.09. The molecule has 0 saturated carbocycles. The van der Waals surface area contributed by atoms with E-state index < -0.39 is 0 Å². The van der Waals surface area contributed by atoms with E-state index in [1.54, 1.807) is 13.4 Å². The second-order valence-electron chi connectivity index (χ2n) is 4.25. The van der Waals surface area contributed by atoms with Gasteiger partial charge in [0.25, 0.3) is 0 Å². The molecule has 3 nitrogen and oxygen atoms in total. The summed E-state index contributed by atoms with van der Waals surface area (Å²) < 4.78 is 10.7. The molecule has 0 radical (unpaired) electrons. The highest BCUT2D eigenvalue weighted by atomic mass is 16.5. The molecule has 0 fully saturated rings. The summed E-state index contributed by atoms with van der Waals surface area (Å²) in [5, 5.41) is 3.47. The molecule has 2 aromatic rings. The number of hydrogen-bond acceptors (Lipinski definition) is 3. The molecule has 0 spiro atoms. The topological polar surface area (TPSA) is 34.4 Å². The molecule has 1 aromatic heterocycles. The standard InChI is InChI=1S/C15H19NO2/c1-12(14-7-3-4-8-15(14)17-2)16-10-9-13-6-5-11-18-13/h3-8,11-12,16H,9-10H2,1-2H3. The Kier molecular flexibility index (Phi) is 4.42. The average molecular weight is 245 g/mol. The Morgan fingerprint density at radius 2 is 2.06 bits per heavy atom. The van der Waals surface area contributed by atoms with Gasteiger partial charge < -0.3 is 14.5 Å². The zero-order valence-electron chi connectivity index (χ0n) is 10.8. The van der Waals surface area contributed by atoms with Crippen LogP contribution in [0.3, 0.4) is 0 Å². The molecule has 1 heterocycles. The van der Waals surface area contributed by atoms with Crippen LogP contribution in [0.4, 0.5) is 0 Å². The Labute approximate surface area is 108 Å². The van der Waals surface area contributed by atoms with Crippen LogP contribution in [-0.2, 0) is 6.42 Å². The number of nitrogens with one attached hydrogen (secondary N) is 1. The number of methoxy groups -OCH3 is 1. The van der Waals surface area contributed by atoms with Crippen LogP contribution in [0, 0.1) is 0 Å². The van der Waals surface area contributed by atoms with Gasteiger partial charge >= 0.3 is 0 Å². The summed E-state index contributed by atoms with van der Waals surface area (Å²) in [6.07, 6.45) is 2.60. The van der Waals surface area contributed by atoms with E-state index in [-0.39, 0.29) is 6.04 Å². The first kappa shape index (κ1) is 12.7. The molecule has 0 aliphatic heterocycles. The van der Waals surface area contributed by atoms with E-state index >= 15 is 0 Å². The molecule has 0 amide bonds. The molecular formula is C15H19NO2. The van der Waals surface area contributed by atoms with E-state index in [0.29, 0.717) is 0 Å². The molecule has 1 aromatic carbocycles. The molecule has 0 aliphatic carbocycles. The third-order valence-corrected chi connectivity index (χ3v) is 3.01. The lowest BCUT2D eigenvalue weighted by Gasteiger charge is -2.16. The highest BCUT2D eigenvalue weighted by Crippen LogP contribution is 2.24. The SMILES string of the molecule is COc1ccccc1C(C)NCCc1ccco1. The predicted molar refractivity (Wildman–Crippen MR) is 71.8 cm³/mol. The van der Waals surface area contributed by atoms with Gasteiger partial charge in [-0.25, -0.2) is 0 Å². The van der Waals surface area contributed by atoms with Crippen LogP contribution in [0.5, 0.6) is 5.75 Å². The summed E-state index contributed by atoms with van der Waals surface area (Å²) >= 11 is 0. The average Bonchev–Trinajstić information content (AvgIpc) is 2.91. The maximum absolute atomic E-state index is 5.36. The molecular weight excluding hydrogens is 226 g/mol. The number of ether oxygens (including phenoxy) is 1. The number of benzene rings is 1. The van der Waals surface area contributed by atoms with Crippen LogP contribution in [-0.4, -0.2) is 13.7 Å². The lowest BCUT2D eigenvalue weighted by Crippen LogP contribution is -2.21. The summed E-state index contributed by atoms with van der Waals surface area (Å²) in [6, 6.07) is 12.3. The van der Waals surface area contributed by atoms with Gasteiger partial charge in [0.1, 0.15) is 11.5 Å². The summed E-state index contributed by atoms with van der Waals surface area (Å²) in [5.41, 5.74) is 1.18. The van der Waals surface area contributed by atoms with Crippen molar-refractivity contribution in [3.05, 3.63) is 54.0 Å². The first-order valence-electron chi connectivity index (χ1n) is 6.20. The Morgan fingerprint density at radius 1 is 1.22 bits per heavy atom. The fourth-order valence-corrected chi connectivity index (χ4v) is 2.00. The van der Waals surface area contributed by atoms with E-state index in [4.69, 9.17) is 9.15 Å². The maximum Gasteiger partial charge on any atom is 0.123 e. The lowest BCUT2D eigenvalue weighted by atomic mass is 10.1. The van der Waals surface area contributed by atoms with Crippen molar-refractivity contribution in [3.8, 4) is 5.75 Å². The molecule has 0 aliphatic rings. The number of furan rings is 1. The Hall–Kier alpha value is -1.74. The summed E-state index contributed by atoms with van der Waals surface area (Å²) in [4.78, 5) is 0. The highest BCUT2D eigenvalue weighted by molar-refractivity contribution is 5.35. The van der Waals surface area contributed by atoms with Crippen LogP contribution in [0.1, 0.15) is 24.3 Å². The second-order valence-corrected chi connectivity index (χ2v) is 4.25. The van der Waals surface area contributed by atoms with Gasteiger partial charge in [0.2, 0.25) is 0 Å². The monoisotopic (exact) mass is 245 g/mol. The van der Waals surface area contributed by atoms with Crippen molar-refractivity contribution in [1.29, 1.82) is 0 Å². The first-order valence-corrected chi connectivity index (χ1v) is 6.20.